The van der Waals surface area contributed by atoms with Crippen LogP contribution in [0.2, 0.25) is 0 Å². The van der Waals surface area contributed by atoms with Gasteiger partial charge < -0.3 is 9.47 Å². The number of hydrogen-bond donors (Lipinski definition) is 0. The highest BCUT2D eigenvalue weighted by Crippen LogP contribution is 2.27. The van der Waals surface area contributed by atoms with Crippen molar-refractivity contribution in [3.05, 3.63) is 35.8 Å². The average molecular weight is 458 g/mol. The van der Waals surface area contributed by atoms with Gasteiger partial charge in [-0.2, -0.15) is 0 Å². The first-order valence-corrected chi connectivity index (χ1v) is 12.2. The Morgan fingerprint density at radius 3 is 2.76 bits per heavy atom. The second-order valence-corrected chi connectivity index (χ2v) is 9.41. The lowest BCUT2D eigenvalue weighted by Crippen LogP contribution is -2.57. The van der Waals surface area contributed by atoms with Gasteiger partial charge in [0, 0.05) is 31.6 Å². The summed E-state index contributed by atoms with van der Waals surface area (Å²) in [6.07, 6.45) is 9.26. The summed E-state index contributed by atoms with van der Waals surface area (Å²) in [5, 5.41) is 0.788. The van der Waals surface area contributed by atoms with Crippen molar-refractivity contribution in [3.8, 4) is 5.75 Å². The zero-order valence-electron chi connectivity index (χ0n) is 19.9. The molecule has 2 aromatic rings. The number of aryl methyl sites for hydroxylation is 1. The van der Waals surface area contributed by atoms with Gasteiger partial charge in [0.15, 0.2) is 0 Å². The number of rotatable bonds is 8. The molecule has 1 aromatic heterocycles. The molecule has 2 aliphatic rings. The first-order valence-electron chi connectivity index (χ1n) is 12.2. The smallest absolute Gasteiger partial charge is 0.324 e. The highest BCUT2D eigenvalue weighted by Gasteiger charge is 2.33. The lowest BCUT2D eigenvalue weighted by molar-refractivity contribution is -0.149. The van der Waals surface area contributed by atoms with Crippen LogP contribution in [0.3, 0.4) is 0 Å². The van der Waals surface area contributed by atoms with Crippen LogP contribution in [-0.2, 0) is 16.0 Å². The van der Waals surface area contributed by atoms with Gasteiger partial charge in [-0.25, -0.2) is 4.39 Å². The first kappa shape index (κ1) is 23.9. The molecule has 1 aromatic carbocycles. The Labute approximate surface area is 196 Å². The molecule has 0 spiro atoms. The van der Waals surface area contributed by atoms with Crippen LogP contribution in [0.1, 0.15) is 44.1 Å². The van der Waals surface area contributed by atoms with Gasteiger partial charge >= 0.3 is 5.97 Å². The van der Waals surface area contributed by atoms with Crippen molar-refractivity contribution in [3.63, 3.8) is 0 Å². The van der Waals surface area contributed by atoms with E-state index in [1.807, 2.05) is 18.2 Å². The molecule has 33 heavy (non-hydrogen) atoms. The number of aromatic nitrogens is 1. The standard InChI is InChI=1S/C26H36FN3O3/c1-32-20-10-11-24-22(15-20)21(23(27)16-28-24)9-6-12-30-14-13-29(18-25(30)26(31)33-2)17-19-7-4-3-5-8-19/h10-11,15-16,19,25H,3-9,12-14,17-18H2,1-2H3/t25-/m1/s1. The lowest BCUT2D eigenvalue weighted by atomic mass is 9.88. The Balaban J connectivity index is 1.39. The third-order valence-corrected chi connectivity index (χ3v) is 7.30. The summed E-state index contributed by atoms with van der Waals surface area (Å²) in [4.78, 5) is 21.4. The Bertz CT molecular complexity index is 948. The first-order chi connectivity index (χ1) is 16.1. The fourth-order valence-electron chi connectivity index (χ4n) is 5.45. The molecular formula is C26H36FN3O3. The molecule has 1 aliphatic carbocycles. The van der Waals surface area contributed by atoms with Gasteiger partial charge in [-0.3, -0.25) is 19.6 Å². The van der Waals surface area contributed by atoms with E-state index >= 15 is 0 Å². The minimum Gasteiger partial charge on any atom is -0.497 e. The highest BCUT2D eigenvalue weighted by atomic mass is 19.1. The summed E-state index contributed by atoms with van der Waals surface area (Å²) in [5.41, 5.74) is 1.42. The molecule has 0 radical (unpaired) electrons. The number of carbonyl (C=O) groups is 1. The predicted octanol–water partition coefficient (Wildman–Crippen LogP) is 4.05. The summed E-state index contributed by atoms with van der Waals surface area (Å²) in [6, 6.07) is 5.29. The average Bonchev–Trinajstić information content (AvgIpc) is 2.85. The van der Waals surface area contributed by atoms with Gasteiger partial charge in [-0.15, -0.1) is 0 Å². The molecular weight excluding hydrogens is 421 g/mol. The molecule has 0 bridgehead atoms. The van der Waals surface area contributed by atoms with E-state index in [1.165, 1.54) is 45.4 Å². The van der Waals surface area contributed by atoms with Gasteiger partial charge in [0.1, 0.15) is 17.6 Å². The van der Waals surface area contributed by atoms with Crippen molar-refractivity contribution in [1.82, 2.24) is 14.8 Å². The topological polar surface area (TPSA) is 54.9 Å². The van der Waals surface area contributed by atoms with Crippen LogP contribution in [0.4, 0.5) is 4.39 Å². The van der Waals surface area contributed by atoms with E-state index in [2.05, 4.69) is 14.8 Å². The minimum atomic E-state index is -0.294. The fraction of sp³-hybridized carbons (Fsp3) is 0.615. The summed E-state index contributed by atoms with van der Waals surface area (Å²) in [5.74, 6) is 0.978. The largest absolute Gasteiger partial charge is 0.497 e. The summed E-state index contributed by atoms with van der Waals surface area (Å²) in [6.45, 7) is 4.32. The molecule has 2 heterocycles. The SMILES string of the molecule is COC(=O)[C@H]1CN(CC2CCCCC2)CCN1CCCc1c(F)cnc2ccc(OC)cc12. The zero-order valence-corrected chi connectivity index (χ0v) is 19.9. The van der Waals surface area contributed by atoms with Crippen molar-refractivity contribution >= 4 is 16.9 Å². The number of fused-ring (bicyclic) bond motifs is 1. The van der Waals surface area contributed by atoms with Gasteiger partial charge in [0.05, 0.1) is 25.9 Å². The number of halogens is 1. The number of ether oxygens (including phenoxy) is 2. The third kappa shape index (κ3) is 5.82. The normalized spacial score (nSPS) is 20.8. The van der Waals surface area contributed by atoms with Gasteiger partial charge in [-0.1, -0.05) is 19.3 Å². The van der Waals surface area contributed by atoms with Crippen molar-refractivity contribution in [1.29, 1.82) is 0 Å². The summed E-state index contributed by atoms with van der Waals surface area (Å²) in [7, 11) is 3.07. The van der Waals surface area contributed by atoms with Crippen molar-refractivity contribution in [2.45, 2.75) is 51.0 Å². The molecule has 6 nitrogen and oxygen atoms in total. The van der Waals surface area contributed by atoms with Crippen molar-refractivity contribution in [2.24, 2.45) is 5.92 Å². The molecule has 4 rings (SSSR count). The quantitative estimate of drug-likeness (QED) is 0.558. The molecule has 1 saturated carbocycles. The monoisotopic (exact) mass is 457 g/mol. The molecule has 7 heteroatoms. The van der Waals surface area contributed by atoms with Gasteiger partial charge in [0.2, 0.25) is 0 Å². The molecule has 1 saturated heterocycles. The molecule has 0 N–H and O–H groups in total. The van der Waals surface area contributed by atoms with Crippen molar-refractivity contribution in [2.75, 3.05) is 46.9 Å². The second-order valence-electron chi connectivity index (χ2n) is 9.41. The maximum absolute atomic E-state index is 14.7. The lowest BCUT2D eigenvalue weighted by Gasteiger charge is -2.41. The summed E-state index contributed by atoms with van der Waals surface area (Å²) < 4.78 is 25.1. The minimum absolute atomic E-state index is 0.173. The maximum atomic E-state index is 14.7. The van der Waals surface area contributed by atoms with E-state index in [0.29, 0.717) is 24.3 Å². The molecule has 0 unspecified atom stereocenters. The van der Waals surface area contributed by atoms with Crippen molar-refractivity contribution < 1.29 is 18.7 Å². The highest BCUT2D eigenvalue weighted by molar-refractivity contribution is 5.83. The third-order valence-electron chi connectivity index (χ3n) is 7.30. The van der Waals surface area contributed by atoms with Crippen LogP contribution < -0.4 is 4.74 Å². The Hall–Kier alpha value is -2.25. The number of methoxy groups -OCH3 is 2. The van der Waals surface area contributed by atoms with Crippen LogP contribution in [0, 0.1) is 11.7 Å². The molecule has 1 atom stereocenters. The maximum Gasteiger partial charge on any atom is 0.324 e. The van der Waals surface area contributed by atoms with Crippen LogP contribution in [-0.4, -0.2) is 73.7 Å². The van der Waals surface area contributed by atoms with Crippen LogP contribution >= 0.6 is 0 Å². The van der Waals surface area contributed by atoms with E-state index < -0.39 is 0 Å². The van der Waals surface area contributed by atoms with Gasteiger partial charge in [-0.05, 0) is 61.9 Å². The number of piperazine rings is 1. The Kier molecular flexibility index (Phi) is 8.15. The van der Waals surface area contributed by atoms with E-state index in [1.54, 1.807) is 7.11 Å². The number of esters is 1. The number of hydrogen-bond acceptors (Lipinski definition) is 6. The van der Waals surface area contributed by atoms with E-state index in [4.69, 9.17) is 9.47 Å². The number of nitrogens with zero attached hydrogens (tertiary/aromatic N) is 3. The van der Waals surface area contributed by atoms with Crippen LogP contribution in [0.25, 0.3) is 10.9 Å². The Morgan fingerprint density at radius 1 is 1.18 bits per heavy atom. The molecule has 0 amide bonds. The molecule has 180 valence electrons. The summed E-state index contributed by atoms with van der Waals surface area (Å²) >= 11 is 0. The van der Waals surface area contributed by atoms with E-state index in [-0.39, 0.29) is 17.8 Å². The number of benzene rings is 1. The van der Waals surface area contributed by atoms with E-state index in [9.17, 15) is 9.18 Å². The second kappa shape index (κ2) is 11.3. The van der Waals surface area contributed by atoms with Crippen LogP contribution in [0.15, 0.2) is 24.4 Å². The number of pyridine rings is 1. The zero-order chi connectivity index (χ0) is 23.2. The fourth-order valence-corrected chi connectivity index (χ4v) is 5.45. The number of carbonyl (C=O) groups excluding carboxylic acids is 1. The van der Waals surface area contributed by atoms with Crippen LogP contribution in [0.5, 0.6) is 5.75 Å². The van der Waals surface area contributed by atoms with E-state index in [0.717, 1.165) is 49.4 Å². The molecule has 2 fully saturated rings. The molecule has 1 aliphatic heterocycles. The predicted molar refractivity (Wildman–Crippen MR) is 127 cm³/mol. The Morgan fingerprint density at radius 2 is 2.00 bits per heavy atom. The van der Waals surface area contributed by atoms with Gasteiger partial charge in [0.25, 0.3) is 0 Å².